The van der Waals surface area contributed by atoms with Gasteiger partial charge in [0.05, 0.1) is 6.26 Å². The molecule has 0 aliphatic rings. The highest BCUT2D eigenvalue weighted by Crippen LogP contribution is 2.23. The molecule has 2 rings (SSSR count). The molecule has 2 heterocycles. The fraction of sp³-hybridized carbons (Fsp3) is 0.417. The summed E-state index contributed by atoms with van der Waals surface area (Å²) >= 11 is 0. The minimum Gasteiger partial charge on any atom is -0.462 e. The molecule has 0 saturated carbocycles. The second kappa shape index (κ2) is 3.45. The smallest absolute Gasteiger partial charge is 0.155 e. The number of aromatic nitrogens is 1. The Kier molecular flexibility index (Phi) is 2.28. The van der Waals surface area contributed by atoms with Crippen molar-refractivity contribution in [3.05, 3.63) is 29.7 Å². The first kappa shape index (κ1) is 9.25. The molecule has 0 radical (unpaired) electrons. The Morgan fingerprint density at radius 3 is 2.86 bits per heavy atom. The molecule has 0 aliphatic carbocycles. The Labute approximate surface area is 84.0 Å². The third kappa shape index (κ3) is 1.41. The van der Waals surface area contributed by atoms with Gasteiger partial charge in [0.1, 0.15) is 5.52 Å². The van der Waals surface area contributed by atoms with Crippen molar-refractivity contribution in [1.29, 1.82) is 0 Å². The van der Waals surface area contributed by atoms with Crippen molar-refractivity contribution in [3.8, 4) is 0 Å². The van der Waals surface area contributed by atoms with Gasteiger partial charge in [-0.1, -0.05) is 20.8 Å². The molecule has 0 N–H and O–H groups in total. The number of hydrogen-bond acceptors (Lipinski definition) is 2. The van der Waals surface area contributed by atoms with Crippen LogP contribution in [-0.2, 0) is 6.42 Å². The Balaban J connectivity index is 2.67. The lowest BCUT2D eigenvalue weighted by Crippen LogP contribution is -1.95. The number of nitrogens with zero attached hydrogens (tertiary/aromatic N) is 1. The zero-order valence-electron chi connectivity index (χ0n) is 8.87. The maximum absolute atomic E-state index is 5.41. The van der Waals surface area contributed by atoms with Gasteiger partial charge in [0.15, 0.2) is 5.58 Å². The first-order valence-corrected chi connectivity index (χ1v) is 5.09. The first-order valence-electron chi connectivity index (χ1n) is 5.09. The number of rotatable bonds is 2. The van der Waals surface area contributed by atoms with E-state index in [9.17, 15) is 0 Å². The summed E-state index contributed by atoms with van der Waals surface area (Å²) in [5, 5.41) is 0. The molecule has 0 bridgehead atoms. The van der Waals surface area contributed by atoms with Gasteiger partial charge in [0.25, 0.3) is 0 Å². The molecule has 74 valence electrons. The van der Waals surface area contributed by atoms with Crippen molar-refractivity contribution in [3.63, 3.8) is 0 Å². The number of furan rings is 1. The normalized spacial score (nSPS) is 11.4. The first-order chi connectivity index (χ1) is 6.72. The second-order valence-corrected chi connectivity index (χ2v) is 3.85. The van der Waals surface area contributed by atoms with Gasteiger partial charge in [-0.2, -0.15) is 0 Å². The van der Waals surface area contributed by atoms with Gasteiger partial charge in [-0.15, -0.1) is 0 Å². The van der Waals surface area contributed by atoms with E-state index >= 15 is 0 Å². The molecule has 0 spiro atoms. The quantitative estimate of drug-likeness (QED) is 0.722. The second-order valence-electron chi connectivity index (χ2n) is 3.85. The molecular weight excluding hydrogens is 174 g/mol. The molecule has 0 fully saturated rings. The van der Waals surface area contributed by atoms with Gasteiger partial charge in [0.2, 0.25) is 0 Å². The molecule has 2 heteroatoms. The van der Waals surface area contributed by atoms with Gasteiger partial charge >= 0.3 is 0 Å². The Hall–Kier alpha value is -1.31. The number of fused-ring (bicyclic) bond motifs is 1. The summed E-state index contributed by atoms with van der Waals surface area (Å²) in [6.45, 7) is 6.46. The van der Waals surface area contributed by atoms with Crippen LogP contribution in [0.2, 0.25) is 0 Å². The van der Waals surface area contributed by atoms with Crippen molar-refractivity contribution in [2.45, 2.75) is 33.1 Å². The molecule has 0 aromatic carbocycles. The molecule has 0 atom stereocenters. The van der Waals surface area contributed by atoms with Gasteiger partial charge < -0.3 is 4.42 Å². The van der Waals surface area contributed by atoms with Crippen LogP contribution in [0.25, 0.3) is 11.1 Å². The summed E-state index contributed by atoms with van der Waals surface area (Å²) in [6, 6.07) is 4.08. The summed E-state index contributed by atoms with van der Waals surface area (Å²) in [6.07, 6.45) is 2.70. The van der Waals surface area contributed by atoms with E-state index in [-0.39, 0.29) is 0 Å². The van der Waals surface area contributed by atoms with E-state index in [2.05, 4.69) is 31.8 Å². The van der Waals surface area contributed by atoms with E-state index in [1.165, 1.54) is 5.56 Å². The van der Waals surface area contributed by atoms with Crippen LogP contribution in [0.1, 0.15) is 37.9 Å². The zero-order valence-corrected chi connectivity index (χ0v) is 8.87. The molecule has 14 heavy (non-hydrogen) atoms. The lowest BCUT2D eigenvalue weighted by molar-refractivity contribution is 0.610. The Bertz CT molecular complexity index is 443. The summed E-state index contributed by atoms with van der Waals surface area (Å²) in [5.74, 6) is 0.472. The van der Waals surface area contributed by atoms with Crippen molar-refractivity contribution >= 4 is 11.1 Å². The summed E-state index contributed by atoms with van der Waals surface area (Å²) < 4.78 is 5.41. The third-order valence-electron chi connectivity index (χ3n) is 2.48. The summed E-state index contributed by atoms with van der Waals surface area (Å²) in [4.78, 5) is 4.55. The molecule has 0 unspecified atom stereocenters. The maximum atomic E-state index is 5.41. The molecule has 0 aliphatic heterocycles. The Morgan fingerprint density at radius 2 is 2.21 bits per heavy atom. The highest BCUT2D eigenvalue weighted by Gasteiger charge is 2.09. The van der Waals surface area contributed by atoms with Crippen molar-refractivity contribution in [1.82, 2.24) is 4.98 Å². The highest BCUT2D eigenvalue weighted by atomic mass is 16.3. The molecule has 0 saturated heterocycles. The van der Waals surface area contributed by atoms with E-state index in [0.29, 0.717) is 5.92 Å². The summed E-state index contributed by atoms with van der Waals surface area (Å²) in [5.41, 5.74) is 4.32. The SMILES string of the molecule is CCc1cc(C(C)C)nc2ccoc12. The molecule has 0 amide bonds. The van der Waals surface area contributed by atoms with Crippen LogP contribution in [0.4, 0.5) is 0 Å². The number of aryl methyl sites for hydroxylation is 1. The van der Waals surface area contributed by atoms with Crippen LogP contribution in [0.3, 0.4) is 0 Å². The van der Waals surface area contributed by atoms with Crippen molar-refractivity contribution in [2.75, 3.05) is 0 Å². The fourth-order valence-corrected chi connectivity index (χ4v) is 1.60. The monoisotopic (exact) mass is 189 g/mol. The van der Waals surface area contributed by atoms with E-state index in [1.54, 1.807) is 6.26 Å². The van der Waals surface area contributed by atoms with E-state index in [4.69, 9.17) is 4.42 Å². The van der Waals surface area contributed by atoms with Crippen LogP contribution in [0.15, 0.2) is 22.8 Å². The standard InChI is InChI=1S/C12H15NO/c1-4-9-7-11(8(2)3)13-10-5-6-14-12(9)10/h5-8H,4H2,1-3H3. The van der Waals surface area contributed by atoms with E-state index < -0.39 is 0 Å². The number of hydrogen-bond donors (Lipinski definition) is 0. The maximum Gasteiger partial charge on any atom is 0.155 e. The van der Waals surface area contributed by atoms with Gasteiger partial charge in [-0.05, 0) is 24.0 Å². The van der Waals surface area contributed by atoms with Crippen LogP contribution >= 0.6 is 0 Å². The fourth-order valence-electron chi connectivity index (χ4n) is 1.60. The van der Waals surface area contributed by atoms with Crippen LogP contribution in [0.5, 0.6) is 0 Å². The summed E-state index contributed by atoms with van der Waals surface area (Å²) in [7, 11) is 0. The molecular formula is C12H15NO. The van der Waals surface area contributed by atoms with Gasteiger partial charge in [-0.25, -0.2) is 4.98 Å². The third-order valence-corrected chi connectivity index (χ3v) is 2.48. The lowest BCUT2D eigenvalue weighted by Gasteiger charge is -2.06. The lowest BCUT2D eigenvalue weighted by atomic mass is 10.1. The topological polar surface area (TPSA) is 26.0 Å². The van der Waals surface area contributed by atoms with Gasteiger partial charge in [-0.3, -0.25) is 0 Å². The van der Waals surface area contributed by atoms with E-state index in [0.717, 1.165) is 23.2 Å². The van der Waals surface area contributed by atoms with Crippen LogP contribution in [0, 0.1) is 0 Å². The predicted octanol–water partition coefficient (Wildman–Crippen LogP) is 3.51. The van der Waals surface area contributed by atoms with Crippen molar-refractivity contribution < 1.29 is 4.42 Å². The predicted molar refractivity (Wildman–Crippen MR) is 57.5 cm³/mol. The van der Waals surface area contributed by atoms with Gasteiger partial charge in [0, 0.05) is 11.8 Å². The van der Waals surface area contributed by atoms with Crippen molar-refractivity contribution in [2.24, 2.45) is 0 Å². The van der Waals surface area contributed by atoms with Crippen LogP contribution < -0.4 is 0 Å². The number of pyridine rings is 1. The average Bonchev–Trinajstić information content (AvgIpc) is 2.63. The highest BCUT2D eigenvalue weighted by molar-refractivity contribution is 5.76. The molecule has 2 aromatic heterocycles. The Morgan fingerprint density at radius 1 is 1.43 bits per heavy atom. The molecule has 2 aromatic rings. The molecule has 2 nitrogen and oxygen atoms in total. The average molecular weight is 189 g/mol. The minimum absolute atomic E-state index is 0.472. The zero-order chi connectivity index (χ0) is 10.1. The minimum atomic E-state index is 0.472. The van der Waals surface area contributed by atoms with E-state index in [1.807, 2.05) is 6.07 Å². The van der Waals surface area contributed by atoms with Crippen LogP contribution in [-0.4, -0.2) is 4.98 Å². The largest absolute Gasteiger partial charge is 0.462 e.